The zero-order valence-electron chi connectivity index (χ0n) is 10.1. The molecule has 0 saturated carbocycles. The fourth-order valence-corrected chi connectivity index (χ4v) is 1.77. The van der Waals surface area contributed by atoms with Crippen LogP contribution in [0.5, 0.6) is 17.2 Å². The number of phenols is 2. The Morgan fingerprint density at radius 1 is 0.947 bits per heavy atom. The average molecular weight is 257 g/mol. The first-order valence-corrected chi connectivity index (χ1v) is 5.61. The van der Waals surface area contributed by atoms with Crippen LogP contribution in [0.4, 0.5) is 0 Å². The van der Waals surface area contributed by atoms with Gasteiger partial charge in [0.25, 0.3) is 0 Å². The van der Waals surface area contributed by atoms with Gasteiger partial charge in [-0.15, -0.1) is 10.2 Å². The van der Waals surface area contributed by atoms with Gasteiger partial charge in [-0.05, 0) is 24.3 Å². The number of aromatic nitrogens is 3. The Morgan fingerprint density at radius 3 is 2.47 bits per heavy atom. The first-order chi connectivity index (χ1) is 9.17. The van der Waals surface area contributed by atoms with Crippen molar-refractivity contribution in [2.45, 2.75) is 0 Å². The van der Waals surface area contributed by atoms with E-state index in [2.05, 4.69) is 10.2 Å². The standard InChI is InChI=1S/C13H11N3O3/c1-19-9-3-4-10-11(7-9)15-16(14-10)8-2-5-12(17)13(18)6-8/h2-7,17-18H,1H3. The van der Waals surface area contributed by atoms with Gasteiger partial charge in [-0.25, -0.2) is 0 Å². The van der Waals surface area contributed by atoms with Crippen molar-refractivity contribution in [3.8, 4) is 22.9 Å². The van der Waals surface area contributed by atoms with Crippen LogP contribution in [0.3, 0.4) is 0 Å². The van der Waals surface area contributed by atoms with Crippen LogP contribution in [-0.4, -0.2) is 32.3 Å². The SMILES string of the molecule is COc1ccc2nn(-c3ccc(O)c(O)c3)nc2c1. The lowest BCUT2D eigenvalue weighted by atomic mass is 10.3. The van der Waals surface area contributed by atoms with E-state index in [4.69, 9.17) is 4.74 Å². The number of benzene rings is 2. The minimum Gasteiger partial charge on any atom is -0.504 e. The summed E-state index contributed by atoms with van der Waals surface area (Å²) in [6.45, 7) is 0. The molecule has 0 fully saturated rings. The molecule has 3 aromatic rings. The minimum atomic E-state index is -0.212. The largest absolute Gasteiger partial charge is 0.504 e. The van der Waals surface area contributed by atoms with E-state index in [9.17, 15) is 10.2 Å². The molecule has 0 bridgehead atoms. The molecule has 0 unspecified atom stereocenters. The summed E-state index contributed by atoms with van der Waals surface area (Å²) in [7, 11) is 1.59. The Hall–Kier alpha value is -2.76. The van der Waals surface area contributed by atoms with Gasteiger partial charge in [0.05, 0.1) is 12.8 Å². The smallest absolute Gasteiger partial charge is 0.159 e. The highest BCUT2D eigenvalue weighted by atomic mass is 16.5. The molecule has 1 aromatic heterocycles. The van der Waals surface area contributed by atoms with Crippen LogP contribution in [0.2, 0.25) is 0 Å². The molecule has 6 heteroatoms. The number of rotatable bonds is 2. The Morgan fingerprint density at radius 2 is 1.74 bits per heavy atom. The number of methoxy groups -OCH3 is 1. The van der Waals surface area contributed by atoms with Crippen LogP contribution in [0.15, 0.2) is 36.4 Å². The zero-order chi connectivity index (χ0) is 13.4. The number of nitrogens with zero attached hydrogens (tertiary/aromatic N) is 3. The molecule has 2 N–H and O–H groups in total. The molecule has 6 nitrogen and oxygen atoms in total. The van der Waals surface area contributed by atoms with E-state index in [0.29, 0.717) is 22.5 Å². The van der Waals surface area contributed by atoms with Crippen LogP contribution in [0.25, 0.3) is 16.7 Å². The molecular weight excluding hydrogens is 246 g/mol. The van der Waals surface area contributed by atoms with Gasteiger partial charge >= 0.3 is 0 Å². The van der Waals surface area contributed by atoms with E-state index in [1.807, 2.05) is 0 Å². The van der Waals surface area contributed by atoms with Gasteiger partial charge in [0.2, 0.25) is 0 Å². The summed E-state index contributed by atoms with van der Waals surface area (Å²) in [5.41, 5.74) is 1.96. The van der Waals surface area contributed by atoms with Gasteiger partial charge in [-0.3, -0.25) is 0 Å². The van der Waals surface area contributed by atoms with Crippen molar-refractivity contribution >= 4 is 11.0 Å². The molecule has 0 aliphatic carbocycles. The van der Waals surface area contributed by atoms with Gasteiger partial charge < -0.3 is 14.9 Å². The van der Waals surface area contributed by atoms with Crippen LogP contribution in [0.1, 0.15) is 0 Å². The predicted octanol–water partition coefficient (Wildman–Crippen LogP) is 1.84. The van der Waals surface area contributed by atoms with Crippen molar-refractivity contribution in [3.63, 3.8) is 0 Å². The predicted molar refractivity (Wildman–Crippen MR) is 68.7 cm³/mol. The Bertz CT molecular complexity index is 752. The van der Waals surface area contributed by atoms with E-state index in [-0.39, 0.29) is 11.5 Å². The van der Waals surface area contributed by atoms with E-state index < -0.39 is 0 Å². The Kier molecular flexibility index (Phi) is 2.49. The number of hydrogen-bond donors (Lipinski definition) is 2. The average Bonchev–Trinajstić information content (AvgIpc) is 2.84. The van der Waals surface area contributed by atoms with Gasteiger partial charge in [0.1, 0.15) is 16.8 Å². The molecule has 96 valence electrons. The minimum absolute atomic E-state index is 0.179. The van der Waals surface area contributed by atoms with Crippen LogP contribution in [0, 0.1) is 0 Å². The van der Waals surface area contributed by atoms with Crippen LogP contribution < -0.4 is 4.74 Å². The van der Waals surface area contributed by atoms with Crippen LogP contribution >= 0.6 is 0 Å². The molecule has 0 aliphatic heterocycles. The van der Waals surface area contributed by atoms with Gasteiger partial charge in [-0.1, -0.05) is 0 Å². The molecule has 0 amide bonds. The molecule has 0 aliphatic rings. The fourth-order valence-electron chi connectivity index (χ4n) is 1.77. The van der Waals surface area contributed by atoms with Crippen molar-refractivity contribution in [3.05, 3.63) is 36.4 Å². The monoisotopic (exact) mass is 257 g/mol. The Balaban J connectivity index is 2.11. The van der Waals surface area contributed by atoms with Crippen molar-refractivity contribution in [2.24, 2.45) is 0 Å². The molecule has 3 rings (SSSR count). The summed E-state index contributed by atoms with van der Waals surface area (Å²) < 4.78 is 5.12. The number of ether oxygens (including phenoxy) is 1. The molecule has 0 atom stereocenters. The van der Waals surface area contributed by atoms with Gasteiger partial charge in [0.15, 0.2) is 11.5 Å². The molecule has 19 heavy (non-hydrogen) atoms. The van der Waals surface area contributed by atoms with Crippen LogP contribution in [-0.2, 0) is 0 Å². The van der Waals surface area contributed by atoms with E-state index >= 15 is 0 Å². The zero-order valence-corrected chi connectivity index (χ0v) is 10.1. The van der Waals surface area contributed by atoms with Gasteiger partial charge in [0, 0.05) is 12.1 Å². The summed E-state index contributed by atoms with van der Waals surface area (Å²) >= 11 is 0. The topological polar surface area (TPSA) is 80.4 Å². The van der Waals surface area contributed by atoms with Crippen molar-refractivity contribution in [1.82, 2.24) is 15.0 Å². The highest BCUT2D eigenvalue weighted by Crippen LogP contribution is 2.26. The summed E-state index contributed by atoms with van der Waals surface area (Å²) in [6.07, 6.45) is 0. The summed E-state index contributed by atoms with van der Waals surface area (Å²) in [5, 5.41) is 27.3. The summed E-state index contributed by atoms with van der Waals surface area (Å²) in [4.78, 5) is 1.39. The lowest BCUT2D eigenvalue weighted by Crippen LogP contribution is -1.97. The van der Waals surface area contributed by atoms with Crippen molar-refractivity contribution in [1.29, 1.82) is 0 Å². The quantitative estimate of drug-likeness (QED) is 0.685. The molecular formula is C13H11N3O3. The maximum Gasteiger partial charge on any atom is 0.159 e. The number of fused-ring (bicyclic) bond motifs is 1. The lowest BCUT2D eigenvalue weighted by Gasteiger charge is -2.01. The summed E-state index contributed by atoms with van der Waals surface area (Å²) in [6, 6.07) is 9.78. The second kappa shape index (κ2) is 4.16. The first-order valence-electron chi connectivity index (χ1n) is 5.61. The van der Waals surface area contributed by atoms with E-state index in [0.717, 1.165) is 0 Å². The molecule has 0 saturated heterocycles. The van der Waals surface area contributed by atoms with Crippen molar-refractivity contribution in [2.75, 3.05) is 7.11 Å². The third kappa shape index (κ3) is 1.93. The number of aromatic hydroxyl groups is 2. The number of phenolic OH excluding ortho intramolecular Hbond substituents is 2. The highest BCUT2D eigenvalue weighted by molar-refractivity contribution is 5.75. The van der Waals surface area contributed by atoms with Crippen molar-refractivity contribution < 1.29 is 14.9 Å². The first kappa shape index (κ1) is 11.3. The number of hydrogen-bond acceptors (Lipinski definition) is 5. The normalized spacial score (nSPS) is 10.8. The highest BCUT2D eigenvalue weighted by Gasteiger charge is 2.08. The Labute approximate surface area is 108 Å². The fraction of sp³-hybridized carbons (Fsp3) is 0.0769. The second-order valence-corrected chi connectivity index (χ2v) is 4.02. The van der Waals surface area contributed by atoms with Gasteiger partial charge in [-0.2, -0.15) is 4.80 Å². The van der Waals surface area contributed by atoms with E-state index in [1.165, 1.54) is 16.9 Å². The third-order valence-corrected chi connectivity index (χ3v) is 2.78. The molecule has 1 heterocycles. The van der Waals surface area contributed by atoms with E-state index in [1.54, 1.807) is 31.4 Å². The lowest BCUT2D eigenvalue weighted by molar-refractivity contribution is 0.403. The second-order valence-electron chi connectivity index (χ2n) is 4.02. The maximum atomic E-state index is 9.48. The molecule has 2 aromatic carbocycles. The molecule has 0 spiro atoms. The maximum absolute atomic E-state index is 9.48. The third-order valence-electron chi connectivity index (χ3n) is 2.78. The molecule has 0 radical (unpaired) electrons. The summed E-state index contributed by atoms with van der Waals surface area (Å²) in [5.74, 6) is 0.312.